The number of rotatable bonds is 6. The predicted molar refractivity (Wildman–Crippen MR) is 71.7 cm³/mol. The summed E-state index contributed by atoms with van der Waals surface area (Å²) < 4.78 is 1.08. The lowest BCUT2D eigenvalue weighted by Gasteiger charge is -2.16. The molecule has 0 aromatic carbocycles. The standard InChI is InChI=1S/C11H17BrN2OS/c1-3-4-13-6-11(15)14(2)7-10-5-9(12)8-16-10/h5,8,13H,3-4,6-7H2,1-2H3. The van der Waals surface area contributed by atoms with Crippen LogP contribution in [0.25, 0.3) is 0 Å². The third-order valence-electron chi connectivity index (χ3n) is 2.14. The Hall–Kier alpha value is -0.390. The van der Waals surface area contributed by atoms with Gasteiger partial charge in [0.25, 0.3) is 0 Å². The molecule has 5 heteroatoms. The molecule has 1 N–H and O–H groups in total. The van der Waals surface area contributed by atoms with E-state index in [9.17, 15) is 4.79 Å². The molecular formula is C11H17BrN2OS. The third-order valence-corrected chi connectivity index (χ3v) is 3.83. The van der Waals surface area contributed by atoms with Gasteiger partial charge in [0, 0.05) is 21.8 Å². The van der Waals surface area contributed by atoms with Crippen molar-refractivity contribution in [2.45, 2.75) is 19.9 Å². The first-order valence-corrected chi connectivity index (χ1v) is 6.98. The van der Waals surface area contributed by atoms with Gasteiger partial charge in [-0.3, -0.25) is 4.79 Å². The molecule has 0 aliphatic carbocycles. The van der Waals surface area contributed by atoms with Gasteiger partial charge >= 0.3 is 0 Å². The Balaban J connectivity index is 2.34. The van der Waals surface area contributed by atoms with Gasteiger partial charge < -0.3 is 10.2 Å². The van der Waals surface area contributed by atoms with Crippen molar-refractivity contribution < 1.29 is 4.79 Å². The van der Waals surface area contributed by atoms with Crippen molar-refractivity contribution >= 4 is 33.2 Å². The van der Waals surface area contributed by atoms with Gasteiger partial charge in [-0.1, -0.05) is 6.92 Å². The maximum Gasteiger partial charge on any atom is 0.236 e. The maximum absolute atomic E-state index is 11.7. The van der Waals surface area contributed by atoms with Gasteiger partial charge in [0.2, 0.25) is 5.91 Å². The Bertz CT molecular complexity index is 340. The zero-order valence-electron chi connectivity index (χ0n) is 9.62. The highest BCUT2D eigenvalue weighted by Crippen LogP contribution is 2.20. The van der Waals surface area contributed by atoms with E-state index in [1.54, 1.807) is 16.2 Å². The van der Waals surface area contributed by atoms with Crippen LogP contribution in [0, 0.1) is 0 Å². The van der Waals surface area contributed by atoms with E-state index in [0.29, 0.717) is 13.1 Å². The van der Waals surface area contributed by atoms with Crippen molar-refractivity contribution in [2.24, 2.45) is 0 Å². The second kappa shape index (κ2) is 7.04. The fourth-order valence-electron chi connectivity index (χ4n) is 1.27. The Kier molecular flexibility index (Phi) is 6.01. The van der Waals surface area contributed by atoms with Crippen molar-refractivity contribution in [1.82, 2.24) is 10.2 Å². The van der Waals surface area contributed by atoms with Crippen LogP contribution < -0.4 is 5.32 Å². The fraction of sp³-hybridized carbons (Fsp3) is 0.545. The fourth-order valence-corrected chi connectivity index (χ4v) is 2.77. The van der Waals surface area contributed by atoms with Gasteiger partial charge in [-0.2, -0.15) is 0 Å². The molecule has 0 saturated heterocycles. The van der Waals surface area contributed by atoms with E-state index in [-0.39, 0.29) is 5.91 Å². The molecule has 1 aromatic heterocycles. The van der Waals surface area contributed by atoms with E-state index >= 15 is 0 Å². The van der Waals surface area contributed by atoms with Crippen LogP contribution in [0.3, 0.4) is 0 Å². The summed E-state index contributed by atoms with van der Waals surface area (Å²) in [6.45, 7) is 4.09. The molecule has 1 aromatic rings. The summed E-state index contributed by atoms with van der Waals surface area (Å²) in [7, 11) is 1.84. The molecule has 16 heavy (non-hydrogen) atoms. The lowest BCUT2D eigenvalue weighted by Crippen LogP contribution is -2.35. The summed E-state index contributed by atoms with van der Waals surface area (Å²) in [5.41, 5.74) is 0. The van der Waals surface area contributed by atoms with Crippen molar-refractivity contribution in [3.8, 4) is 0 Å². The maximum atomic E-state index is 11.7. The average molecular weight is 305 g/mol. The second-order valence-corrected chi connectivity index (χ2v) is 5.57. The smallest absolute Gasteiger partial charge is 0.236 e. The van der Waals surface area contributed by atoms with Crippen LogP contribution in [0.2, 0.25) is 0 Å². The third kappa shape index (κ3) is 4.63. The van der Waals surface area contributed by atoms with E-state index in [0.717, 1.165) is 17.4 Å². The Labute approximate surface area is 109 Å². The lowest BCUT2D eigenvalue weighted by molar-refractivity contribution is -0.129. The Morgan fingerprint density at radius 2 is 2.38 bits per heavy atom. The molecule has 3 nitrogen and oxygen atoms in total. The molecule has 0 spiro atoms. The summed E-state index contributed by atoms with van der Waals surface area (Å²) in [5.74, 6) is 0.137. The van der Waals surface area contributed by atoms with Crippen LogP contribution in [0.1, 0.15) is 18.2 Å². The van der Waals surface area contributed by atoms with Crippen molar-refractivity contribution in [3.05, 3.63) is 20.8 Å². The van der Waals surface area contributed by atoms with Crippen LogP contribution in [-0.4, -0.2) is 30.9 Å². The number of nitrogens with zero attached hydrogens (tertiary/aromatic N) is 1. The number of carbonyl (C=O) groups excluding carboxylic acids is 1. The number of likely N-dealkylation sites (N-methyl/N-ethyl adjacent to an activating group) is 1. The van der Waals surface area contributed by atoms with Crippen LogP contribution in [0.5, 0.6) is 0 Å². The highest BCUT2D eigenvalue weighted by Gasteiger charge is 2.09. The van der Waals surface area contributed by atoms with Gasteiger partial charge in [0.05, 0.1) is 13.1 Å². The minimum absolute atomic E-state index is 0.137. The van der Waals surface area contributed by atoms with E-state index < -0.39 is 0 Å². The number of nitrogens with one attached hydrogen (secondary N) is 1. The van der Waals surface area contributed by atoms with Gasteiger partial charge in [-0.05, 0) is 35.0 Å². The number of hydrogen-bond donors (Lipinski definition) is 1. The normalized spacial score (nSPS) is 10.4. The highest BCUT2D eigenvalue weighted by molar-refractivity contribution is 9.10. The average Bonchev–Trinajstić information content (AvgIpc) is 2.64. The number of thiophene rings is 1. The summed E-state index contributed by atoms with van der Waals surface area (Å²) in [5, 5.41) is 5.14. The SMILES string of the molecule is CCCNCC(=O)N(C)Cc1cc(Br)cs1. The summed E-state index contributed by atoms with van der Waals surface area (Å²) in [6.07, 6.45) is 1.05. The molecule has 1 amide bonds. The van der Waals surface area contributed by atoms with Crippen LogP contribution >= 0.6 is 27.3 Å². The van der Waals surface area contributed by atoms with Crippen LogP contribution in [0.15, 0.2) is 15.9 Å². The summed E-state index contributed by atoms with van der Waals surface area (Å²) in [4.78, 5) is 14.6. The molecule has 0 radical (unpaired) electrons. The first kappa shape index (κ1) is 13.7. The van der Waals surface area contributed by atoms with E-state index in [1.807, 2.05) is 18.5 Å². The van der Waals surface area contributed by atoms with Crippen molar-refractivity contribution in [1.29, 1.82) is 0 Å². The first-order valence-electron chi connectivity index (χ1n) is 5.31. The molecule has 0 unspecified atom stereocenters. The molecule has 0 saturated carbocycles. The second-order valence-electron chi connectivity index (χ2n) is 3.66. The van der Waals surface area contributed by atoms with Gasteiger partial charge in [-0.25, -0.2) is 0 Å². The summed E-state index contributed by atoms with van der Waals surface area (Å²) in [6, 6.07) is 2.05. The largest absolute Gasteiger partial charge is 0.340 e. The van der Waals surface area contributed by atoms with Gasteiger partial charge in [0.15, 0.2) is 0 Å². The molecule has 0 bridgehead atoms. The van der Waals surface area contributed by atoms with Crippen LogP contribution in [0.4, 0.5) is 0 Å². The molecule has 1 rings (SSSR count). The Morgan fingerprint density at radius 3 is 2.94 bits per heavy atom. The summed E-state index contributed by atoms with van der Waals surface area (Å²) >= 11 is 5.07. The van der Waals surface area contributed by atoms with Gasteiger partial charge in [0.1, 0.15) is 0 Å². The number of amides is 1. The number of carbonyl (C=O) groups is 1. The molecular weight excluding hydrogens is 288 g/mol. The molecule has 90 valence electrons. The molecule has 0 aliphatic heterocycles. The zero-order valence-corrected chi connectivity index (χ0v) is 12.0. The Morgan fingerprint density at radius 1 is 1.62 bits per heavy atom. The zero-order chi connectivity index (χ0) is 12.0. The van der Waals surface area contributed by atoms with Crippen LogP contribution in [-0.2, 0) is 11.3 Å². The van der Waals surface area contributed by atoms with Crippen molar-refractivity contribution in [2.75, 3.05) is 20.1 Å². The monoisotopic (exact) mass is 304 g/mol. The first-order chi connectivity index (χ1) is 7.63. The van der Waals surface area contributed by atoms with E-state index in [1.165, 1.54) is 4.88 Å². The van der Waals surface area contributed by atoms with E-state index in [2.05, 4.69) is 28.2 Å². The molecule has 0 aliphatic rings. The number of halogens is 1. The molecule has 0 atom stereocenters. The molecule has 0 fully saturated rings. The quantitative estimate of drug-likeness (QED) is 0.819. The topological polar surface area (TPSA) is 32.3 Å². The minimum Gasteiger partial charge on any atom is -0.340 e. The predicted octanol–water partition coefficient (Wildman–Crippen LogP) is 2.47. The van der Waals surface area contributed by atoms with E-state index in [4.69, 9.17) is 0 Å². The minimum atomic E-state index is 0.137. The highest BCUT2D eigenvalue weighted by atomic mass is 79.9. The van der Waals surface area contributed by atoms with Crippen molar-refractivity contribution in [3.63, 3.8) is 0 Å². The lowest BCUT2D eigenvalue weighted by atomic mass is 10.4. The molecule has 1 heterocycles. The van der Waals surface area contributed by atoms with Gasteiger partial charge in [-0.15, -0.1) is 11.3 Å². The number of hydrogen-bond acceptors (Lipinski definition) is 3.